The fourth-order valence-corrected chi connectivity index (χ4v) is 5.82. The van der Waals surface area contributed by atoms with Gasteiger partial charge in [-0.15, -0.1) is 11.3 Å². The molecule has 3 nitrogen and oxygen atoms in total. The summed E-state index contributed by atoms with van der Waals surface area (Å²) in [5.41, 5.74) is 0.868. The lowest BCUT2D eigenvalue weighted by molar-refractivity contribution is 0.399. The van der Waals surface area contributed by atoms with E-state index in [1.807, 2.05) is 19.1 Å². The van der Waals surface area contributed by atoms with Crippen LogP contribution in [0.4, 0.5) is 0 Å². The van der Waals surface area contributed by atoms with Gasteiger partial charge < -0.3 is 0 Å². The van der Waals surface area contributed by atoms with Gasteiger partial charge in [-0.25, -0.2) is 8.42 Å². The predicted molar refractivity (Wildman–Crippen MR) is 91.8 cm³/mol. The van der Waals surface area contributed by atoms with Gasteiger partial charge in [-0.05, 0) is 46.6 Å². The van der Waals surface area contributed by atoms with Gasteiger partial charge in [0.25, 0.3) is 10.0 Å². The maximum atomic E-state index is 12.6. The minimum Gasteiger partial charge on any atom is -0.206 e. The van der Waals surface area contributed by atoms with Crippen LogP contribution < -0.4 is 0 Å². The average molecular weight is 429 g/mol. The molecule has 0 N–H and O–H groups in total. The fraction of sp³-hybridized carbons (Fsp3) is 0.231. The summed E-state index contributed by atoms with van der Waals surface area (Å²) in [5.74, 6) is 0. The molecule has 0 radical (unpaired) electrons. The van der Waals surface area contributed by atoms with Crippen molar-refractivity contribution < 1.29 is 8.42 Å². The molecule has 0 bridgehead atoms. The number of hydrogen-bond donors (Lipinski definition) is 0. The van der Waals surface area contributed by atoms with Gasteiger partial charge >= 0.3 is 0 Å². The molecule has 0 aliphatic carbocycles. The van der Waals surface area contributed by atoms with E-state index in [4.69, 9.17) is 23.2 Å². The lowest BCUT2D eigenvalue weighted by Gasteiger charge is -2.24. The number of nitrogens with zero attached hydrogens (tertiary/aromatic N) is 1. The predicted octanol–water partition coefficient (Wildman–Crippen LogP) is 5.20. The van der Waals surface area contributed by atoms with Crippen LogP contribution >= 0.6 is 50.5 Å². The van der Waals surface area contributed by atoms with E-state index in [-0.39, 0.29) is 10.3 Å². The zero-order valence-corrected chi connectivity index (χ0v) is 15.9. The quantitative estimate of drug-likeness (QED) is 0.670. The molecular weight excluding hydrogens is 417 g/mol. The first-order chi connectivity index (χ1) is 9.73. The molecule has 0 spiro atoms. The minimum absolute atomic E-state index is 0.211. The third-order valence-corrected chi connectivity index (χ3v) is 8.26. The molecule has 0 fully saturated rings. The highest BCUT2D eigenvalue weighted by molar-refractivity contribution is 9.11. The highest BCUT2D eigenvalue weighted by Crippen LogP contribution is 2.37. The summed E-state index contributed by atoms with van der Waals surface area (Å²) in [5, 5.41) is 1.01. The molecule has 0 aliphatic rings. The Bertz CT molecular complexity index is 725. The van der Waals surface area contributed by atoms with E-state index in [0.29, 0.717) is 13.8 Å². The van der Waals surface area contributed by atoms with Gasteiger partial charge in [0.15, 0.2) is 0 Å². The molecule has 1 aromatic carbocycles. The van der Waals surface area contributed by atoms with Gasteiger partial charge in [0.2, 0.25) is 0 Å². The molecule has 8 heteroatoms. The van der Waals surface area contributed by atoms with Gasteiger partial charge in [-0.2, -0.15) is 4.31 Å². The Morgan fingerprint density at radius 2 is 1.81 bits per heavy atom. The fourth-order valence-electron chi connectivity index (χ4n) is 1.76. The SMILES string of the molecule is CC(c1ccc(Cl)cc1)N(C)S(=O)(=O)c1cc(Cl)c(Br)s1. The second-order valence-electron chi connectivity index (χ2n) is 4.44. The molecule has 1 heterocycles. The Kier molecular flexibility index (Phi) is 5.39. The van der Waals surface area contributed by atoms with Crippen molar-refractivity contribution >= 4 is 60.5 Å². The smallest absolute Gasteiger partial charge is 0.206 e. The van der Waals surface area contributed by atoms with Crippen molar-refractivity contribution in [3.8, 4) is 0 Å². The van der Waals surface area contributed by atoms with Crippen LogP contribution in [0.1, 0.15) is 18.5 Å². The molecule has 0 aliphatic heterocycles. The van der Waals surface area contributed by atoms with E-state index < -0.39 is 10.0 Å². The number of sulfonamides is 1. The topological polar surface area (TPSA) is 37.4 Å². The van der Waals surface area contributed by atoms with Crippen LogP contribution in [0.3, 0.4) is 0 Å². The van der Waals surface area contributed by atoms with E-state index in [1.54, 1.807) is 19.2 Å². The van der Waals surface area contributed by atoms with Crippen LogP contribution in [0.25, 0.3) is 0 Å². The van der Waals surface area contributed by atoms with E-state index >= 15 is 0 Å². The Hall–Kier alpha value is -0.110. The van der Waals surface area contributed by atoms with E-state index in [2.05, 4.69) is 15.9 Å². The van der Waals surface area contributed by atoms with Crippen molar-refractivity contribution in [3.05, 3.63) is 49.7 Å². The van der Waals surface area contributed by atoms with Crippen LogP contribution in [-0.4, -0.2) is 19.8 Å². The molecule has 2 rings (SSSR count). The third kappa shape index (κ3) is 3.63. The van der Waals surface area contributed by atoms with Gasteiger partial charge in [-0.3, -0.25) is 0 Å². The Balaban J connectivity index is 2.33. The second-order valence-corrected chi connectivity index (χ2v) is 9.87. The first-order valence-corrected chi connectivity index (χ1v) is 9.72. The summed E-state index contributed by atoms with van der Waals surface area (Å²) in [6.45, 7) is 1.82. The van der Waals surface area contributed by atoms with Gasteiger partial charge in [0.05, 0.1) is 8.81 Å². The number of hydrogen-bond acceptors (Lipinski definition) is 3. The summed E-state index contributed by atoms with van der Waals surface area (Å²) in [4.78, 5) is 0. The molecule has 1 atom stereocenters. The molecule has 0 saturated heterocycles. The van der Waals surface area contributed by atoms with Crippen LogP contribution in [0.5, 0.6) is 0 Å². The molecule has 1 unspecified atom stereocenters. The maximum Gasteiger partial charge on any atom is 0.252 e. The summed E-state index contributed by atoms with van der Waals surface area (Å²) in [6, 6.07) is 8.26. The van der Waals surface area contributed by atoms with Crippen molar-refractivity contribution in [1.82, 2.24) is 4.31 Å². The summed E-state index contributed by atoms with van der Waals surface area (Å²) in [7, 11) is -2.04. The monoisotopic (exact) mass is 427 g/mol. The molecular formula is C13H12BrCl2NO2S2. The van der Waals surface area contributed by atoms with Crippen LogP contribution in [0.15, 0.2) is 38.3 Å². The van der Waals surface area contributed by atoms with Crippen molar-refractivity contribution in [1.29, 1.82) is 0 Å². The number of rotatable bonds is 4. The standard InChI is InChI=1S/C13H12BrCl2NO2S2/c1-8(9-3-5-10(15)6-4-9)17(2)21(18,19)12-7-11(16)13(14)20-12/h3-8H,1-2H3. The van der Waals surface area contributed by atoms with Crippen molar-refractivity contribution in [2.45, 2.75) is 17.2 Å². The number of thiophene rings is 1. The largest absolute Gasteiger partial charge is 0.252 e. The Morgan fingerprint density at radius 3 is 2.29 bits per heavy atom. The van der Waals surface area contributed by atoms with Crippen LogP contribution in [0.2, 0.25) is 10.0 Å². The first kappa shape index (κ1) is 17.2. The van der Waals surface area contributed by atoms with Crippen LogP contribution in [0, 0.1) is 0 Å². The highest BCUT2D eigenvalue weighted by atomic mass is 79.9. The summed E-state index contributed by atoms with van der Waals surface area (Å²) < 4.78 is 27.4. The van der Waals surface area contributed by atoms with Crippen LogP contribution in [-0.2, 0) is 10.0 Å². The lowest BCUT2D eigenvalue weighted by Crippen LogP contribution is -2.29. The molecule has 2 aromatic rings. The average Bonchev–Trinajstić information content (AvgIpc) is 2.78. The van der Waals surface area contributed by atoms with E-state index in [0.717, 1.165) is 16.9 Å². The summed E-state index contributed by atoms with van der Waals surface area (Å²) in [6.07, 6.45) is 0. The maximum absolute atomic E-state index is 12.6. The lowest BCUT2D eigenvalue weighted by atomic mass is 10.1. The molecule has 21 heavy (non-hydrogen) atoms. The zero-order valence-electron chi connectivity index (χ0n) is 11.2. The summed E-state index contributed by atoms with van der Waals surface area (Å²) >= 11 is 16.1. The molecule has 114 valence electrons. The molecule has 1 aromatic heterocycles. The normalized spacial score (nSPS) is 13.6. The first-order valence-electron chi connectivity index (χ1n) is 5.92. The number of benzene rings is 1. The Labute approximate surface area is 146 Å². The van der Waals surface area contributed by atoms with Crippen molar-refractivity contribution in [2.75, 3.05) is 7.05 Å². The van der Waals surface area contributed by atoms with Gasteiger partial charge in [0, 0.05) is 18.1 Å². The molecule has 0 amide bonds. The zero-order chi connectivity index (χ0) is 15.8. The third-order valence-electron chi connectivity index (χ3n) is 3.15. The van der Waals surface area contributed by atoms with Gasteiger partial charge in [-0.1, -0.05) is 35.3 Å². The molecule has 0 saturated carbocycles. The highest BCUT2D eigenvalue weighted by Gasteiger charge is 2.28. The minimum atomic E-state index is -3.59. The van der Waals surface area contributed by atoms with E-state index in [9.17, 15) is 8.42 Å². The van der Waals surface area contributed by atoms with Crippen molar-refractivity contribution in [3.63, 3.8) is 0 Å². The van der Waals surface area contributed by atoms with E-state index in [1.165, 1.54) is 10.4 Å². The number of halogens is 3. The second kappa shape index (κ2) is 6.56. The Morgan fingerprint density at radius 1 is 1.24 bits per heavy atom. The van der Waals surface area contributed by atoms with Gasteiger partial charge in [0.1, 0.15) is 4.21 Å². The van der Waals surface area contributed by atoms with Crippen molar-refractivity contribution in [2.24, 2.45) is 0 Å².